The smallest absolute Gasteiger partial charge is 0.221 e. The van der Waals surface area contributed by atoms with Crippen molar-refractivity contribution in [2.75, 3.05) is 0 Å². The Bertz CT molecular complexity index is 3460. The lowest BCUT2D eigenvalue weighted by Gasteiger charge is -2.33. The van der Waals surface area contributed by atoms with Crippen molar-refractivity contribution in [1.29, 1.82) is 0 Å². The molecule has 0 radical (unpaired) electrons. The molecule has 4 aliphatic rings. The zero-order chi connectivity index (χ0) is 47.6. The molecule has 0 N–H and O–H groups in total. The fourth-order valence-electron chi connectivity index (χ4n) is 13.1. The molecule has 3 atom stereocenters. The minimum absolute atomic E-state index is 0.194. The van der Waals surface area contributed by atoms with Gasteiger partial charge >= 0.3 is 0 Å². The van der Waals surface area contributed by atoms with E-state index in [0.717, 1.165) is 31.7 Å². The van der Waals surface area contributed by atoms with Gasteiger partial charge in [-0.3, -0.25) is 0 Å². The van der Waals surface area contributed by atoms with Gasteiger partial charge in [-0.15, -0.1) is 11.3 Å². The summed E-state index contributed by atoms with van der Waals surface area (Å²) < 4.78 is 10.9. The van der Waals surface area contributed by atoms with Gasteiger partial charge in [-0.1, -0.05) is 167 Å². The molecule has 2 aliphatic heterocycles. The predicted octanol–water partition coefficient (Wildman–Crippen LogP) is 14.9. The van der Waals surface area contributed by atoms with Crippen molar-refractivity contribution in [2.45, 2.75) is 123 Å². The Morgan fingerprint density at radius 2 is 1.51 bits per heavy atom. The van der Waals surface area contributed by atoms with Crippen LogP contribution in [0.2, 0.25) is 39.3 Å². The molecule has 348 valence electrons. The molecule has 1 fully saturated rings. The normalized spacial score (nSPS) is 20.7. The number of hydrogen-bond acceptors (Lipinski definition) is 1. The third-order valence-corrected chi connectivity index (χ3v) is 22.2. The number of aryl methyl sites for hydroxylation is 1. The quantitative estimate of drug-likeness (QED) is 0.112. The summed E-state index contributed by atoms with van der Waals surface area (Å²) in [5.41, 5.74) is 16.2. The highest BCUT2D eigenvalue weighted by atomic mass is 32.1. The van der Waals surface area contributed by atoms with Gasteiger partial charge in [0.15, 0.2) is 23.3 Å². The minimum atomic E-state index is -1.72. The van der Waals surface area contributed by atoms with Crippen molar-refractivity contribution in [1.82, 2.24) is 4.57 Å². The molecule has 5 heterocycles. The Hall–Kier alpha value is -5.41. The first-order valence-corrected chi connectivity index (χ1v) is 33.8. The Kier molecular flexibility index (Phi) is 10.8. The molecule has 8 aromatic rings. The summed E-state index contributed by atoms with van der Waals surface area (Å²) in [6.45, 7) is 26.0. The lowest BCUT2D eigenvalue weighted by molar-refractivity contribution is -0.719. The molecular formula is C63H69N3SSi2+2. The fraction of sp³-hybridized carbons (Fsp3) is 0.333. The molecule has 3 unspecified atom stereocenters. The molecule has 0 bridgehead atoms. The number of fused-ring (bicyclic) bond motifs is 14. The number of rotatable bonds is 7. The number of aromatic nitrogens is 3. The van der Waals surface area contributed by atoms with Gasteiger partial charge in [-0.2, -0.15) is 9.13 Å². The van der Waals surface area contributed by atoms with Gasteiger partial charge in [0.1, 0.15) is 12.2 Å². The molecule has 5 aromatic carbocycles. The zero-order valence-electron chi connectivity index (χ0n) is 42.3. The molecule has 2 aliphatic carbocycles. The van der Waals surface area contributed by atoms with Crippen LogP contribution in [0.1, 0.15) is 86.6 Å². The van der Waals surface area contributed by atoms with Crippen molar-refractivity contribution >= 4 is 80.3 Å². The van der Waals surface area contributed by atoms with Crippen LogP contribution in [-0.4, -0.2) is 20.7 Å². The third-order valence-electron chi connectivity index (χ3n) is 17.0. The number of benzene rings is 5. The highest BCUT2D eigenvalue weighted by molar-refractivity contribution is 7.25. The molecule has 12 rings (SSSR count). The maximum atomic E-state index is 5.23. The van der Waals surface area contributed by atoms with Gasteiger partial charge in [0.05, 0.1) is 28.1 Å². The van der Waals surface area contributed by atoms with Crippen LogP contribution in [0.25, 0.3) is 65.1 Å². The van der Waals surface area contributed by atoms with Crippen molar-refractivity contribution in [3.63, 3.8) is 0 Å². The maximum Gasteiger partial charge on any atom is 0.295 e. The average Bonchev–Trinajstić information content (AvgIpc) is 4.11. The zero-order valence-corrected chi connectivity index (χ0v) is 45.1. The highest BCUT2D eigenvalue weighted by Crippen LogP contribution is 2.48. The second-order valence-corrected chi connectivity index (χ2v) is 34.9. The third kappa shape index (κ3) is 7.63. The van der Waals surface area contributed by atoms with Gasteiger partial charge in [0, 0.05) is 48.3 Å². The lowest BCUT2D eigenvalue weighted by Crippen LogP contribution is -2.54. The van der Waals surface area contributed by atoms with Gasteiger partial charge < -0.3 is 0 Å². The van der Waals surface area contributed by atoms with Crippen molar-refractivity contribution in [2.24, 2.45) is 11.3 Å². The largest absolute Gasteiger partial charge is 0.295 e. The molecular weight excluding hydrogens is 887 g/mol. The number of hydrogen-bond donors (Lipinski definition) is 0. The van der Waals surface area contributed by atoms with E-state index in [1.54, 1.807) is 10.8 Å². The molecule has 0 amide bonds. The second-order valence-electron chi connectivity index (χ2n) is 23.7. The molecule has 69 heavy (non-hydrogen) atoms. The van der Waals surface area contributed by atoms with E-state index in [-0.39, 0.29) is 11.5 Å². The van der Waals surface area contributed by atoms with E-state index in [4.69, 9.17) is 6.58 Å². The monoisotopic (exact) mass is 955 g/mol. The molecule has 3 nitrogen and oxygen atoms in total. The van der Waals surface area contributed by atoms with Crippen molar-refractivity contribution in [3.05, 3.63) is 168 Å². The van der Waals surface area contributed by atoms with E-state index in [9.17, 15) is 0 Å². The van der Waals surface area contributed by atoms with Gasteiger partial charge in [-0.25, -0.2) is 4.57 Å². The van der Waals surface area contributed by atoms with Gasteiger partial charge in [-0.05, 0) is 103 Å². The van der Waals surface area contributed by atoms with Crippen LogP contribution in [0.3, 0.4) is 0 Å². The lowest BCUT2D eigenvalue weighted by atomic mass is 9.77. The molecule has 0 saturated heterocycles. The first-order valence-electron chi connectivity index (χ1n) is 26.0. The van der Waals surface area contributed by atoms with Crippen LogP contribution in [0.15, 0.2) is 146 Å². The summed E-state index contributed by atoms with van der Waals surface area (Å²) in [6, 6.07) is 45.2. The Morgan fingerprint density at radius 1 is 0.768 bits per heavy atom. The summed E-state index contributed by atoms with van der Waals surface area (Å²) in [4.78, 5) is 0. The topological polar surface area (TPSA) is 12.7 Å². The average molecular weight is 957 g/mol. The standard InChI is InChI=1S/C63H69N3SSi2/c1-41-31-47(44-21-11-10-12-22-44)38-63(41,3)40-65-55-25-17-18-26-56(55)66-42(2)32-57-51(29-27-45-35-60-54(37-52(45)62(65)66)53-36-48(68(4,5)6)28-30-59(53)67-60)49-23-15-16-24-50(49)58-34-46(33-43-19-13-14-20-43)61(39-64(57)58)69(7,8)9/h10-12,15-18,21-26,28,30-31,34-39,43,51,57H,2,13-14,19-20,27,29,32-33,40H2,1,3-9H3/q+2. The Labute approximate surface area is 416 Å². The molecule has 0 spiro atoms. The van der Waals surface area contributed by atoms with E-state index in [1.165, 1.54) is 125 Å². The van der Waals surface area contributed by atoms with Crippen LogP contribution >= 0.6 is 11.3 Å². The van der Waals surface area contributed by atoms with Crippen LogP contribution in [0.4, 0.5) is 0 Å². The number of para-hydroxylation sites is 2. The highest BCUT2D eigenvalue weighted by Gasteiger charge is 2.45. The summed E-state index contributed by atoms with van der Waals surface area (Å²) in [5, 5.41) is 5.95. The SMILES string of the molecule is C=C1CC2C(CCc3cc4sc5ccc([Si](C)(C)C)cc5c4cc3-c3n(CC4(C)C=C(c5ccccc5)C=C4C)c4ccccc4[n+]31)c1ccccc1-c1cc(CC3CCCC3)c([Si](C)(C)C)c[n+]12. The minimum Gasteiger partial charge on any atom is -0.221 e. The van der Waals surface area contributed by atoms with Gasteiger partial charge in [0.2, 0.25) is 5.69 Å². The van der Waals surface area contributed by atoms with Crippen LogP contribution in [0, 0.1) is 11.3 Å². The summed E-state index contributed by atoms with van der Waals surface area (Å²) in [5.74, 6) is 2.40. The number of allylic oxidation sites excluding steroid dienone is 5. The second kappa shape index (κ2) is 16.6. The molecule has 1 saturated carbocycles. The van der Waals surface area contributed by atoms with Crippen molar-refractivity contribution in [3.8, 4) is 22.6 Å². The van der Waals surface area contributed by atoms with Crippen molar-refractivity contribution < 1.29 is 9.13 Å². The first kappa shape index (κ1) is 44.8. The number of pyridine rings is 1. The van der Waals surface area contributed by atoms with E-state index in [0.29, 0.717) is 5.92 Å². The van der Waals surface area contributed by atoms with Crippen LogP contribution < -0.4 is 19.5 Å². The van der Waals surface area contributed by atoms with Crippen LogP contribution in [-0.2, 0) is 19.4 Å². The maximum absolute atomic E-state index is 5.23. The van der Waals surface area contributed by atoms with E-state index >= 15 is 0 Å². The van der Waals surface area contributed by atoms with E-state index in [2.05, 4.69) is 200 Å². The first-order chi connectivity index (χ1) is 33.1. The number of imidazole rings is 1. The Balaban J connectivity index is 1.10. The number of thiophene rings is 1. The van der Waals surface area contributed by atoms with Crippen LogP contribution in [0.5, 0.6) is 0 Å². The molecule has 3 aromatic heterocycles. The van der Waals surface area contributed by atoms with E-state index in [1.807, 2.05) is 11.3 Å². The predicted molar refractivity (Wildman–Crippen MR) is 300 cm³/mol. The number of nitrogens with zero attached hydrogens (tertiary/aromatic N) is 3. The summed E-state index contributed by atoms with van der Waals surface area (Å²) in [7, 11) is -3.28. The summed E-state index contributed by atoms with van der Waals surface area (Å²) >= 11 is 1.98. The van der Waals surface area contributed by atoms with Gasteiger partial charge in [0.25, 0.3) is 5.82 Å². The van der Waals surface area contributed by atoms with E-state index < -0.39 is 16.1 Å². The summed E-state index contributed by atoms with van der Waals surface area (Å²) in [6.07, 6.45) is 17.3. The fourth-order valence-corrected chi connectivity index (χ4v) is 17.0. The Morgan fingerprint density at radius 3 is 2.29 bits per heavy atom. The molecule has 6 heteroatoms.